The molecule has 0 saturated heterocycles. The number of ether oxygens (including phenoxy) is 2. The van der Waals surface area contributed by atoms with Gasteiger partial charge in [-0.2, -0.15) is 0 Å². The molecule has 120 valence electrons. The molecule has 0 spiro atoms. The second-order valence-corrected chi connectivity index (χ2v) is 5.05. The molecule has 0 radical (unpaired) electrons. The predicted octanol–water partition coefficient (Wildman–Crippen LogP) is 3.59. The average molecular weight is 311 g/mol. The van der Waals surface area contributed by atoms with Gasteiger partial charge in [-0.3, -0.25) is 4.79 Å². The maximum Gasteiger partial charge on any atom is 0.244 e. The molecule has 0 unspecified atom stereocenters. The van der Waals surface area contributed by atoms with Gasteiger partial charge < -0.3 is 14.8 Å². The molecule has 0 bridgehead atoms. The Kier molecular flexibility index (Phi) is 5.80. The zero-order valence-corrected chi connectivity index (χ0v) is 13.6. The third-order valence-electron chi connectivity index (χ3n) is 3.53. The van der Waals surface area contributed by atoms with Crippen LogP contribution in [-0.4, -0.2) is 20.1 Å². The lowest BCUT2D eigenvalue weighted by atomic mass is 10.1. The lowest BCUT2D eigenvalue weighted by Gasteiger charge is -2.13. The Labute approximate surface area is 136 Å². The number of nitrogens with one attached hydrogen (secondary N) is 1. The summed E-state index contributed by atoms with van der Waals surface area (Å²) < 4.78 is 10.6. The van der Waals surface area contributed by atoms with Crippen molar-refractivity contribution < 1.29 is 14.3 Å². The first-order valence-corrected chi connectivity index (χ1v) is 7.40. The van der Waals surface area contributed by atoms with Crippen LogP contribution in [0.25, 0.3) is 6.08 Å². The van der Waals surface area contributed by atoms with Crippen LogP contribution in [0.4, 0.5) is 0 Å². The summed E-state index contributed by atoms with van der Waals surface area (Å²) >= 11 is 0. The molecule has 4 heteroatoms. The Balaban J connectivity index is 2.10. The fraction of sp³-hybridized carbons (Fsp3) is 0.211. The summed E-state index contributed by atoms with van der Waals surface area (Å²) in [6.45, 7) is 1.95. The van der Waals surface area contributed by atoms with Crippen molar-refractivity contribution in [3.05, 3.63) is 65.7 Å². The molecule has 2 aromatic rings. The Morgan fingerprint density at radius 1 is 1.00 bits per heavy atom. The van der Waals surface area contributed by atoms with Gasteiger partial charge in [-0.05, 0) is 30.7 Å². The van der Waals surface area contributed by atoms with Crippen molar-refractivity contribution in [3.63, 3.8) is 0 Å². The summed E-state index contributed by atoms with van der Waals surface area (Å²) in [4.78, 5) is 12.1. The van der Waals surface area contributed by atoms with Crippen LogP contribution < -0.4 is 14.8 Å². The smallest absolute Gasteiger partial charge is 0.244 e. The van der Waals surface area contributed by atoms with Crippen molar-refractivity contribution in [2.24, 2.45) is 0 Å². The molecule has 23 heavy (non-hydrogen) atoms. The van der Waals surface area contributed by atoms with E-state index in [-0.39, 0.29) is 11.9 Å². The Morgan fingerprint density at radius 2 is 1.61 bits per heavy atom. The van der Waals surface area contributed by atoms with Gasteiger partial charge in [0.1, 0.15) is 11.5 Å². The Hall–Kier alpha value is -2.75. The largest absolute Gasteiger partial charge is 0.496 e. The normalized spacial score (nSPS) is 12.0. The van der Waals surface area contributed by atoms with Gasteiger partial charge >= 0.3 is 0 Å². The SMILES string of the molecule is COc1cccc(OC)c1/C=C/C(=O)N[C@@H](C)c1ccccc1. The second-order valence-electron chi connectivity index (χ2n) is 5.05. The number of hydrogen-bond donors (Lipinski definition) is 1. The zero-order valence-electron chi connectivity index (χ0n) is 13.6. The van der Waals surface area contributed by atoms with Crippen LogP contribution >= 0.6 is 0 Å². The van der Waals surface area contributed by atoms with Gasteiger partial charge in [-0.15, -0.1) is 0 Å². The van der Waals surface area contributed by atoms with Gasteiger partial charge in [-0.25, -0.2) is 0 Å². The minimum Gasteiger partial charge on any atom is -0.496 e. The molecular weight excluding hydrogens is 290 g/mol. The standard InChI is InChI=1S/C19H21NO3/c1-14(15-8-5-4-6-9-15)20-19(21)13-12-16-17(22-2)10-7-11-18(16)23-3/h4-14H,1-3H3,(H,20,21)/b13-12+/t14-/m0/s1. The molecule has 0 aliphatic rings. The molecule has 0 aliphatic carbocycles. The lowest BCUT2D eigenvalue weighted by Crippen LogP contribution is -2.24. The molecule has 0 saturated carbocycles. The van der Waals surface area contributed by atoms with Crippen LogP contribution in [0.15, 0.2) is 54.6 Å². The first-order chi connectivity index (χ1) is 11.2. The van der Waals surface area contributed by atoms with E-state index in [1.165, 1.54) is 6.08 Å². The maximum atomic E-state index is 12.1. The Morgan fingerprint density at radius 3 is 2.17 bits per heavy atom. The van der Waals surface area contributed by atoms with Crippen LogP contribution in [0, 0.1) is 0 Å². The number of amides is 1. The molecule has 2 rings (SSSR count). The molecular formula is C19H21NO3. The molecule has 1 N–H and O–H groups in total. The number of benzene rings is 2. The molecule has 1 atom stereocenters. The summed E-state index contributed by atoms with van der Waals surface area (Å²) in [5.41, 5.74) is 1.80. The molecule has 0 fully saturated rings. The lowest BCUT2D eigenvalue weighted by molar-refractivity contribution is -0.117. The molecule has 4 nitrogen and oxygen atoms in total. The van der Waals surface area contributed by atoms with Crippen LogP contribution in [0.1, 0.15) is 24.1 Å². The van der Waals surface area contributed by atoms with E-state index < -0.39 is 0 Å². The van der Waals surface area contributed by atoms with Crippen molar-refractivity contribution in [1.82, 2.24) is 5.32 Å². The maximum absolute atomic E-state index is 12.1. The first kappa shape index (κ1) is 16.6. The monoisotopic (exact) mass is 311 g/mol. The first-order valence-electron chi connectivity index (χ1n) is 7.40. The van der Waals surface area contributed by atoms with Crippen LogP contribution in [-0.2, 0) is 4.79 Å². The highest BCUT2D eigenvalue weighted by Gasteiger charge is 2.09. The number of carbonyl (C=O) groups excluding carboxylic acids is 1. The van der Waals surface area contributed by atoms with E-state index in [2.05, 4.69) is 5.32 Å². The quantitative estimate of drug-likeness (QED) is 0.829. The highest BCUT2D eigenvalue weighted by Crippen LogP contribution is 2.29. The fourth-order valence-electron chi connectivity index (χ4n) is 2.29. The fourth-order valence-corrected chi connectivity index (χ4v) is 2.29. The predicted molar refractivity (Wildman–Crippen MR) is 91.6 cm³/mol. The number of methoxy groups -OCH3 is 2. The van der Waals surface area contributed by atoms with E-state index in [1.54, 1.807) is 20.3 Å². The summed E-state index contributed by atoms with van der Waals surface area (Å²) in [5.74, 6) is 1.14. The van der Waals surface area contributed by atoms with Crippen LogP contribution in [0.5, 0.6) is 11.5 Å². The topological polar surface area (TPSA) is 47.6 Å². The van der Waals surface area contributed by atoms with Crippen molar-refractivity contribution in [2.75, 3.05) is 14.2 Å². The minimum atomic E-state index is -0.172. The molecule has 0 heterocycles. The highest BCUT2D eigenvalue weighted by molar-refractivity contribution is 5.92. The van der Waals surface area contributed by atoms with Crippen molar-refractivity contribution in [3.8, 4) is 11.5 Å². The number of rotatable bonds is 6. The summed E-state index contributed by atoms with van der Waals surface area (Å²) in [7, 11) is 3.17. The van der Waals surface area contributed by atoms with E-state index in [4.69, 9.17) is 9.47 Å². The molecule has 1 amide bonds. The second kappa shape index (κ2) is 8.03. The van der Waals surface area contributed by atoms with Gasteiger partial charge in [0.2, 0.25) is 5.91 Å². The van der Waals surface area contributed by atoms with Gasteiger partial charge in [0, 0.05) is 6.08 Å². The summed E-state index contributed by atoms with van der Waals surface area (Å²) in [6.07, 6.45) is 3.19. The van der Waals surface area contributed by atoms with E-state index in [9.17, 15) is 4.79 Å². The van der Waals surface area contributed by atoms with E-state index in [0.717, 1.165) is 11.1 Å². The van der Waals surface area contributed by atoms with E-state index >= 15 is 0 Å². The zero-order chi connectivity index (χ0) is 16.7. The van der Waals surface area contributed by atoms with Gasteiger partial charge in [0.15, 0.2) is 0 Å². The third kappa shape index (κ3) is 4.36. The number of hydrogen-bond acceptors (Lipinski definition) is 3. The van der Waals surface area contributed by atoms with Crippen LogP contribution in [0.3, 0.4) is 0 Å². The Bertz CT molecular complexity index is 658. The van der Waals surface area contributed by atoms with E-state index in [0.29, 0.717) is 11.5 Å². The highest BCUT2D eigenvalue weighted by atomic mass is 16.5. The van der Waals surface area contributed by atoms with Gasteiger partial charge in [0.25, 0.3) is 0 Å². The molecule has 0 aromatic heterocycles. The average Bonchev–Trinajstić information content (AvgIpc) is 2.60. The van der Waals surface area contributed by atoms with Gasteiger partial charge in [-0.1, -0.05) is 36.4 Å². The molecule has 0 aliphatic heterocycles. The molecule has 2 aromatic carbocycles. The van der Waals surface area contributed by atoms with E-state index in [1.807, 2.05) is 55.5 Å². The third-order valence-corrected chi connectivity index (χ3v) is 3.53. The number of carbonyl (C=O) groups is 1. The van der Waals surface area contributed by atoms with Gasteiger partial charge in [0.05, 0.1) is 25.8 Å². The summed E-state index contributed by atoms with van der Waals surface area (Å²) in [5, 5.41) is 2.93. The van der Waals surface area contributed by atoms with Crippen molar-refractivity contribution in [2.45, 2.75) is 13.0 Å². The van der Waals surface area contributed by atoms with Crippen molar-refractivity contribution in [1.29, 1.82) is 0 Å². The van der Waals surface area contributed by atoms with Crippen molar-refractivity contribution >= 4 is 12.0 Å². The minimum absolute atomic E-state index is 0.0621. The summed E-state index contributed by atoms with van der Waals surface area (Å²) in [6, 6.07) is 15.3. The van der Waals surface area contributed by atoms with Crippen LogP contribution in [0.2, 0.25) is 0 Å².